The number of furan rings is 1. The van der Waals surface area contributed by atoms with Gasteiger partial charge in [0.15, 0.2) is 0 Å². The summed E-state index contributed by atoms with van der Waals surface area (Å²) < 4.78 is 7.16. The van der Waals surface area contributed by atoms with Crippen LogP contribution in [0.4, 0.5) is 0 Å². The van der Waals surface area contributed by atoms with E-state index in [1.165, 1.54) is 66.1 Å². The maximum atomic E-state index is 7.16. The van der Waals surface area contributed by atoms with Crippen LogP contribution in [0.3, 0.4) is 0 Å². The zero-order valence-corrected chi connectivity index (χ0v) is 37.8. The second-order valence-corrected chi connectivity index (χ2v) is 17.9. The molecule has 0 atom stereocenters. The van der Waals surface area contributed by atoms with Crippen molar-refractivity contribution in [3.63, 3.8) is 0 Å². The van der Waals surface area contributed by atoms with E-state index in [-0.39, 0.29) is 0 Å². The molecule has 0 radical (unpaired) electrons. The van der Waals surface area contributed by atoms with E-state index in [1.807, 2.05) is 0 Å². The Morgan fingerprint density at radius 2 is 0.536 bits per heavy atom. The Kier molecular flexibility index (Phi) is 9.91. The zero-order chi connectivity index (χ0) is 45.7. The molecule has 13 aromatic rings. The number of benzene rings is 12. The van der Waals surface area contributed by atoms with Gasteiger partial charge in [0.2, 0.25) is 0 Å². The summed E-state index contributed by atoms with van der Waals surface area (Å²) in [5.74, 6) is 0. The molecule has 0 saturated heterocycles. The van der Waals surface area contributed by atoms with E-state index in [0.717, 1.165) is 66.4 Å². The minimum atomic E-state index is 0.881. The average Bonchev–Trinajstić information content (AvgIpc) is 3.82. The van der Waals surface area contributed by atoms with Gasteiger partial charge < -0.3 is 4.42 Å². The Labute approximate surface area is 401 Å². The molecule has 12 aromatic carbocycles. The molecule has 1 heterocycles. The number of hydrogen-bond acceptors (Lipinski definition) is 1. The van der Waals surface area contributed by atoms with E-state index in [2.05, 4.69) is 267 Å². The van der Waals surface area contributed by atoms with Crippen molar-refractivity contribution in [3.05, 3.63) is 267 Å². The van der Waals surface area contributed by atoms with Crippen molar-refractivity contribution in [3.8, 4) is 89.0 Å². The van der Waals surface area contributed by atoms with Crippen LogP contribution in [-0.4, -0.2) is 0 Å². The predicted octanol–water partition coefficient (Wildman–Crippen LogP) is 19.2. The first-order chi connectivity index (χ1) is 34.2. The zero-order valence-electron chi connectivity index (χ0n) is 37.8. The van der Waals surface area contributed by atoms with Crippen LogP contribution >= 0.6 is 0 Å². The third-order valence-corrected chi connectivity index (χ3v) is 13.8. The Bertz CT molecular complexity index is 4030. The first-order valence-electron chi connectivity index (χ1n) is 23.7. The molecule has 0 amide bonds. The van der Waals surface area contributed by atoms with E-state index in [9.17, 15) is 0 Å². The summed E-state index contributed by atoms with van der Waals surface area (Å²) in [5.41, 5.74) is 20.4. The summed E-state index contributed by atoms with van der Waals surface area (Å²) in [6.07, 6.45) is 0. The fraction of sp³-hybridized carbons (Fsp3) is 0. The lowest BCUT2D eigenvalue weighted by Gasteiger charge is -2.19. The molecule has 0 N–H and O–H groups in total. The molecular formula is C68H44O. The molecule has 0 aliphatic carbocycles. The van der Waals surface area contributed by atoms with Gasteiger partial charge in [-0.25, -0.2) is 0 Å². The van der Waals surface area contributed by atoms with Gasteiger partial charge in [0.25, 0.3) is 0 Å². The Balaban J connectivity index is 1.00. The molecule has 1 aromatic heterocycles. The van der Waals surface area contributed by atoms with Crippen molar-refractivity contribution in [1.82, 2.24) is 0 Å². The fourth-order valence-corrected chi connectivity index (χ4v) is 10.6. The molecule has 0 fully saturated rings. The number of fused-ring (bicyclic) bond motifs is 5. The molecule has 69 heavy (non-hydrogen) atoms. The summed E-state index contributed by atoms with van der Waals surface area (Å²) in [5, 5.41) is 7.16. The van der Waals surface area contributed by atoms with E-state index in [1.54, 1.807) is 0 Å². The highest BCUT2D eigenvalue weighted by Crippen LogP contribution is 2.47. The molecule has 0 aliphatic rings. The van der Waals surface area contributed by atoms with Crippen molar-refractivity contribution < 1.29 is 4.42 Å². The Morgan fingerprint density at radius 3 is 1.12 bits per heavy atom. The van der Waals surface area contributed by atoms with Crippen molar-refractivity contribution in [2.45, 2.75) is 0 Å². The third-order valence-electron chi connectivity index (χ3n) is 13.8. The smallest absolute Gasteiger partial charge is 0.143 e. The molecule has 0 saturated carbocycles. The van der Waals surface area contributed by atoms with Crippen LogP contribution in [-0.2, 0) is 0 Å². The molecule has 1 nitrogen and oxygen atoms in total. The monoisotopic (exact) mass is 876 g/mol. The van der Waals surface area contributed by atoms with Gasteiger partial charge in [0.05, 0.1) is 0 Å². The lowest BCUT2D eigenvalue weighted by Crippen LogP contribution is -1.91. The first-order valence-corrected chi connectivity index (χ1v) is 23.7. The predicted molar refractivity (Wildman–Crippen MR) is 292 cm³/mol. The van der Waals surface area contributed by atoms with E-state index >= 15 is 0 Å². The van der Waals surface area contributed by atoms with Gasteiger partial charge in [0, 0.05) is 21.9 Å². The SMILES string of the molecule is c1ccc(-c2cccc(-c3cccc4c3oc3c(-c5cccc(-c6ccccc6)c5)cc(-c5cccc(-c6ccc7c(-c8ccccc8)c8ccccc8c(-c8ccccc8)c7c6)c5)cc34)c2)cc1. The van der Waals surface area contributed by atoms with Gasteiger partial charge in [-0.2, -0.15) is 0 Å². The minimum Gasteiger partial charge on any atom is -0.455 e. The lowest BCUT2D eigenvalue weighted by molar-refractivity contribution is 0.671. The van der Waals surface area contributed by atoms with Crippen molar-refractivity contribution in [1.29, 1.82) is 0 Å². The largest absolute Gasteiger partial charge is 0.455 e. The molecule has 0 bridgehead atoms. The van der Waals surface area contributed by atoms with Crippen LogP contribution in [0.25, 0.3) is 132 Å². The number of hydrogen-bond donors (Lipinski definition) is 0. The molecule has 0 unspecified atom stereocenters. The number of para-hydroxylation sites is 1. The fourth-order valence-electron chi connectivity index (χ4n) is 10.6. The van der Waals surface area contributed by atoms with Gasteiger partial charge in [-0.05, 0) is 136 Å². The molecule has 1 heteroatoms. The summed E-state index contributed by atoms with van der Waals surface area (Å²) >= 11 is 0. The third kappa shape index (κ3) is 7.20. The molecule has 13 rings (SSSR count). The normalized spacial score (nSPS) is 11.5. The van der Waals surface area contributed by atoms with Crippen LogP contribution in [0.5, 0.6) is 0 Å². The average molecular weight is 877 g/mol. The van der Waals surface area contributed by atoms with Crippen LogP contribution in [0, 0.1) is 0 Å². The van der Waals surface area contributed by atoms with E-state index in [0.29, 0.717) is 0 Å². The minimum absolute atomic E-state index is 0.881. The Hall–Kier alpha value is -9.04. The van der Waals surface area contributed by atoms with Crippen LogP contribution in [0.1, 0.15) is 0 Å². The highest BCUT2D eigenvalue weighted by Gasteiger charge is 2.21. The second-order valence-electron chi connectivity index (χ2n) is 17.9. The van der Waals surface area contributed by atoms with Gasteiger partial charge in [-0.1, -0.05) is 231 Å². The van der Waals surface area contributed by atoms with Crippen molar-refractivity contribution in [2.75, 3.05) is 0 Å². The van der Waals surface area contributed by atoms with E-state index < -0.39 is 0 Å². The van der Waals surface area contributed by atoms with Gasteiger partial charge in [0.1, 0.15) is 11.2 Å². The first kappa shape index (κ1) is 40.3. The molecule has 322 valence electrons. The summed E-state index contributed by atoms with van der Waals surface area (Å²) in [6, 6.07) is 96.8. The highest BCUT2D eigenvalue weighted by atomic mass is 16.3. The van der Waals surface area contributed by atoms with Crippen LogP contribution in [0.2, 0.25) is 0 Å². The standard InChI is InChI=1S/C68H44O/c1-5-19-45(20-6-1)49-27-16-31-54(40-49)57-35-18-36-61-64-44-56(43-62(68(64)69-67(57)61)55-32-17-28-50(41-55)46-21-7-2-8-22-46)52-30-15-29-51(39-52)53-37-38-60-63(42-53)66(48-25-11-4-12-26-48)59-34-14-13-33-58(59)65(60)47-23-9-3-10-24-47/h1-44H. The highest BCUT2D eigenvalue weighted by molar-refractivity contribution is 6.22. The quantitative estimate of drug-likeness (QED) is 0.139. The molecular weight excluding hydrogens is 833 g/mol. The van der Waals surface area contributed by atoms with Gasteiger partial charge in [-0.3, -0.25) is 0 Å². The summed E-state index contributed by atoms with van der Waals surface area (Å²) in [7, 11) is 0. The van der Waals surface area contributed by atoms with Crippen LogP contribution < -0.4 is 0 Å². The lowest BCUT2D eigenvalue weighted by atomic mass is 9.84. The summed E-state index contributed by atoms with van der Waals surface area (Å²) in [4.78, 5) is 0. The maximum absolute atomic E-state index is 7.16. The topological polar surface area (TPSA) is 13.1 Å². The van der Waals surface area contributed by atoms with Gasteiger partial charge in [-0.15, -0.1) is 0 Å². The second kappa shape index (κ2) is 17.0. The maximum Gasteiger partial charge on any atom is 0.143 e. The van der Waals surface area contributed by atoms with Crippen molar-refractivity contribution >= 4 is 43.5 Å². The molecule has 0 aliphatic heterocycles. The van der Waals surface area contributed by atoms with E-state index in [4.69, 9.17) is 4.42 Å². The Morgan fingerprint density at radius 1 is 0.174 bits per heavy atom. The molecule has 0 spiro atoms. The van der Waals surface area contributed by atoms with Gasteiger partial charge >= 0.3 is 0 Å². The number of rotatable bonds is 8. The van der Waals surface area contributed by atoms with Crippen LogP contribution in [0.15, 0.2) is 271 Å². The van der Waals surface area contributed by atoms with Crippen molar-refractivity contribution in [2.24, 2.45) is 0 Å². The summed E-state index contributed by atoms with van der Waals surface area (Å²) in [6.45, 7) is 0.